The van der Waals surface area contributed by atoms with Gasteiger partial charge in [-0.1, -0.05) is 30.4 Å². The zero-order valence-corrected chi connectivity index (χ0v) is 8.60. The summed E-state index contributed by atoms with van der Waals surface area (Å²) in [6.07, 6.45) is 12.3. The van der Waals surface area contributed by atoms with Crippen molar-refractivity contribution < 1.29 is 10.2 Å². The summed E-state index contributed by atoms with van der Waals surface area (Å²) in [6, 6.07) is 0. The molecule has 0 bridgehead atoms. The minimum absolute atomic E-state index is 0.105. The zero-order chi connectivity index (χ0) is 10.6. The smallest absolute Gasteiger partial charge is 0.0612 e. The maximum Gasteiger partial charge on any atom is 0.0612 e. The monoisotopic (exact) mass is 196 g/mol. The molecule has 0 amide bonds. The third-order valence-electron chi connectivity index (χ3n) is 2.02. The second-order valence-electron chi connectivity index (χ2n) is 3.12. The van der Waals surface area contributed by atoms with Crippen LogP contribution in [0.3, 0.4) is 0 Å². The van der Waals surface area contributed by atoms with Crippen LogP contribution in [0.4, 0.5) is 0 Å². The van der Waals surface area contributed by atoms with Gasteiger partial charge < -0.3 is 10.2 Å². The van der Waals surface area contributed by atoms with Crippen LogP contribution in [0.1, 0.15) is 19.3 Å². The van der Waals surface area contributed by atoms with Crippen LogP contribution in [-0.2, 0) is 0 Å². The summed E-state index contributed by atoms with van der Waals surface area (Å²) in [5.41, 5.74) is 0. The lowest BCUT2D eigenvalue weighted by Crippen LogP contribution is -1.93. The van der Waals surface area contributed by atoms with Gasteiger partial charge in [-0.25, -0.2) is 0 Å². The predicted molar refractivity (Wildman–Crippen MR) is 60.0 cm³/mol. The van der Waals surface area contributed by atoms with Crippen molar-refractivity contribution in [1.82, 2.24) is 0 Å². The van der Waals surface area contributed by atoms with Crippen LogP contribution in [0.5, 0.6) is 0 Å². The normalized spacial score (nSPS) is 13.9. The molecular formula is C12H20O2. The Morgan fingerprint density at radius 2 is 1.64 bits per heavy atom. The third-order valence-corrected chi connectivity index (χ3v) is 2.02. The van der Waals surface area contributed by atoms with Gasteiger partial charge in [-0.3, -0.25) is 0 Å². The fourth-order valence-corrected chi connectivity index (χ4v) is 1.18. The van der Waals surface area contributed by atoms with Crippen molar-refractivity contribution in [3.63, 3.8) is 0 Å². The molecule has 14 heavy (non-hydrogen) atoms. The van der Waals surface area contributed by atoms with Crippen molar-refractivity contribution in [3.8, 4) is 0 Å². The number of hydrogen-bond donors (Lipinski definition) is 2. The van der Waals surface area contributed by atoms with Gasteiger partial charge >= 0.3 is 0 Å². The highest BCUT2D eigenvalue weighted by atomic mass is 16.3. The molecule has 0 spiro atoms. The van der Waals surface area contributed by atoms with E-state index in [0.717, 1.165) is 19.3 Å². The van der Waals surface area contributed by atoms with Gasteiger partial charge in [-0.2, -0.15) is 0 Å². The molecule has 1 atom stereocenters. The standard InChI is InChI=1S/C12H20O2/c1-2-12(9-5-7-11-14)8-4-3-6-10-13/h2-3,5-7,12-14H,1,4,8-11H2/b6-3+,7-5-. The van der Waals surface area contributed by atoms with E-state index in [9.17, 15) is 0 Å². The number of rotatable bonds is 8. The summed E-state index contributed by atoms with van der Waals surface area (Å²) in [5, 5.41) is 17.1. The Morgan fingerprint density at radius 1 is 1.00 bits per heavy atom. The van der Waals surface area contributed by atoms with E-state index in [0.29, 0.717) is 5.92 Å². The quantitative estimate of drug-likeness (QED) is 0.583. The van der Waals surface area contributed by atoms with Crippen molar-refractivity contribution in [2.75, 3.05) is 13.2 Å². The summed E-state index contributed by atoms with van der Waals surface area (Å²) in [7, 11) is 0. The van der Waals surface area contributed by atoms with Crippen LogP contribution in [-0.4, -0.2) is 23.4 Å². The lowest BCUT2D eigenvalue weighted by molar-refractivity contribution is 0.341. The van der Waals surface area contributed by atoms with Gasteiger partial charge in [-0.05, 0) is 25.2 Å². The largest absolute Gasteiger partial charge is 0.392 e. The average Bonchev–Trinajstić information content (AvgIpc) is 2.22. The Balaban J connectivity index is 3.62. The van der Waals surface area contributed by atoms with E-state index in [-0.39, 0.29) is 13.2 Å². The molecule has 0 fully saturated rings. The molecule has 0 rings (SSSR count). The molecule has 0 aliphatic carbocycles. The van der Waals surface area contributed by atoms with Crippen LogP contribution in [0.2, 0.25) is 0 Å². The first-order valence-corrected chi connectivity index (χ1v) is 4.99. The highest BCUT2D eigenvalue weighted by Crippen LogP contribution is 2.13. The Hall–Kier alpha value is -0.860. The predicted octanol–water partition coefficient (Wildman–Crippen LogP) is 2.06. The molecule has 2 N–H and O–H groups in total. The third kappa shape index (κ3) is 7.77. The lowest BCUT2D eigenvalue weighted by atomic mass is 9.99. The first kappa shape index (κ1) is 13.1. The maximum absolute atomic E-state index is 8.55. The lowest BCUT2D eigenvalue weighted by Gasteiger charge is -2.07. The maximum atomic E-state index is 8.55. The Kier molecular flexibility index (Phi) is 9.59. The van der Waals surface area contributed by atoms with Gasteiger partial charge in [-0.15, -0.1) is 6.58 Å². The van der Waals surface area contributed by atoms with E-state index in [4.69, 9.17) is 10.2 Å². The molecule has 0 aliphatic rings. The Morgan fingerprint density at radius 3 is 2.21 bits per heavy atom. The first-order chi connectivity index (χ1) is 6.85. The highest BCUT2D eigenvalue weighted by Gasteiger charge is 1.99. The van der Waals surface area contributed by atoms with E-state index < -0.39 is 0 Å². The van der Waals surface area contributed by atoms with Crippen LogP contribution in [0.25, 0.3) is 0 Å². The number of aliphatic hydroxyl groups excluding tert-OH is 2. The molecule has 0 saturated heterocycles. The van der Waals surface area contributed by atoms with Crippen LogP contribution >= 0.6 is 0 Å². The van der Waals surface area contributed by atoms with Gasteiger partial charge in [0, 0.05) is 0 Å². The summed E-state index contributed by atoms with van der Waals surface area (Å²) >= 11 is 0. The fourth-order valence-electron chi connectivity index (χ4n) is 1.18. The molecule has 0 aromatic heterocycles. The van der Waals surface area contributed by atoms with E-state index in [1.165, 1.54) is 0 Å². The second-order valence-corrected chi connectivity index (χ2v) is 3.12. The zero-order valence-electron chi connectivity index (χ0n) is 8.60. The van der Waals surface area contributed by atoms with Gasteiger partial charge in [0.25, 0.3) is 0 Å². The van der Waals surface area contributed by atoms with Crippen LogP contribution < -0.4 is 0 Å². The topological polar surface area (TPSA) is 40.5 Å². The first-order valence-electron chi connectivity index (χ1n) is 4.99. The summed E-state index contributed by atoms with van der Waals surface area (Å²) in [6.45, 7) is 3.99. The number of hydrogen-bond acceptors (Lipinski definition) is 2. The van der Waals surface area contributed by atoms with E-state index >= 15 is 0 Å². The SMILES string of the molecule is C=CC(C/C=C\CO)CC/C=C/CO. The van der Waals surface area contributed by atoms with Gasteiger partial charge in [0.15, 0.2) is 0 Å². The van der Waals surface area contributed by atoms with Crippen molar-refractivity contribution >= 4 is 0 Å². The summed E-state index contributed by atoms with van der Waals surface area (Å²) < 4.78 is 0. The number of aliphatic hydroxyl groups is 2. The molecule has 0 aromatic rings. The van der Waals surface area contributed by atoms with Crippen LogP contribution in [0, 0.1) is 5.92 Å². The molecular weight excluding hydrogens is 176 g/mol. The Labute approximate surface area is 86.3 Å². The van der Waals surface area contributed by atoms with Crippen molar-refractivity contribution in [2.45, 2.75) is 19.3 Å². The molecule has 0 saturated carbocycles. The van der Waals surface area contributed by atoms with Crippen molar-refractivity contribution in [1.29, 1.82) is 0 Å². The fraction of sp³-hybridized carbons (Fsp3) is 0.500. The van der Waals surface area contributed by atoms with E-state index in [2.05, 4.69) is 6.58 Å². The molecule has 0 radical (unpaired) electrons. The molecule has 2 nitrogen and oxygen atoms in total. The van der Waals surface area contributed by atoms with Crippen molar-refractivity contribution in [3.05, 3.63) is 37.0 Å². The minimum Gasteiger partial charge on any atom is -0.392 e. The molecule has 0 heterocycles. The van der Waals surface area contributed by atoms with Gasteiger partial charge in [0.05, 0.1) is 13.2 Å². The Bertz CT molecular complexity index is 183. The second kappa shape index (κ2) is 10.2. The molecule has 0 aromatic carbocycles. The van der Waals surface area contributed by atoms with E-state index in [1.807, 2.05) is 18.2 Å². The molecule has 1 unspecified atom stereocenters. The average molecular weight is 196 g/mol. The van der Waals surface area contributed by atoms with E-state index in [1.54, 1.807) is 12.2 Å². The number of allylic oxidation sites excluding steroid dienone is 3. The summed E-state index contributed by atoms with van der Waals surface area (Å²) in [5.74, 6) is 0.459. The highest BCUT2D eigenvalue weighted by molar-refractivity contribution is 4.91. The van der Waals surface area contributed by atoms with Crippen LogP contribution in [0.15, 0.2) is 37.0 Å². The minimum atomic E-state index is 0.105. The molecule has 2 heteroatoms. The molecule has 80 valence electrons. The van der Waals surface area contributed by atoms with Crippen molar-refractivity contribution in [2.24, 2.45) is 5.92 Å². The van der Waals surface area contributed by atoms with Gasteiger partial charge in [0.1, 0.15) is 0 Å². The molecule has 0 aliphatic heterocycles. The summed E-state index contributed by atoms with van der Waals surface area (Å²) in [4.78, 5) is 0. The van der Waals surface area contributed by atoms with Gasteiger partial charge in [0.2, 0.25) is 0 Å².